The molecule has 14 heteroatoms. The Balaban J connectivity index is 1.28. The first kappa shape index (κ1) is 50.0. The number of nitrogens with one attached hydrogen (secondary N) is 2. The van der Waals surface area contributed by atoms with Gasteiger partial charge in [0.1, 0.15) is 11.3 Å². The highest BCUT2D eigenvalue weighted by atomic mass is 16.3. The molecule has 0 aromatic heterocycles. The van der Waals surface area contributed by atoms with Gasteiger partial charge in [0.15, 0.2) is 11.7 Å². The second-order valence-corrected chi connectivity index (χ2v) is 18.5. The molecule has 4 aliphatic rings. The Morgan fingerprint density at radius 2 is 1.69 bits per heavy atom. The molecule has 342 valence electrons. The van der Waals surface area contributed by atoms with Crippen molar-refractivity contribution in [1.29, 1.82) is 5.41 Å². The van der Waals surface area contributed by atoms with Crippen molar-refractivity contribution in [1.82, 2.24) is 10.2 Å². The molecule has 12 N–H and O–H groups in total. The van der Waals surface area contributed by atoms with Crippen molar-refractivity contribution in [3.63, 3.8) is 0 Å². The van der Waals surface area contributed by atoms with Crippen molar-refractivity contribution in [2.75, 3.05) is 13.1 Å². The number of aliphatic hydroxyl groups is 8. The van der Waals surface area contributed by atoms with Crippen molar-refractivity contribution in [3.05, 3.63) is 70.6 Å². The molecule has 0 aromatic rings. The number of fused-ring (bicyclic) bond motifs is 1. The predicted octanol–water partition coefficient (Wildman–Crippen LogP) is 3.61. The summed E-state index contributed by atoms with van der Waals surface area (Å²) in [7, 11) is 0. The molecule has 2 saturated heterocycles. The summed E-state index contributed by atoms with van der Waals surface area (Å²) < 4.78 is 0. The third-order valence-electron chi connectivity index (χ3n) is 14.1. The number of Topliss-reactive ketones (excluding diaryl/α,β-unsaturated/α-hetero) is 1. The number of allylic oxidation sites excluding steroid dienone is 2. The number of hydrogen-bond acceptors (Lipinski definition) is 11. The lowest BCUT2D eigenvalue weighted by atomic mass is 9.51. The summed E-state index contributed by atoms with van der Waals surface area (Å²) in [5, 5.41) is 97.4. The van der Waals surface area contributed by atoms with Gasteiger partial charge in [0.05, 0.1) is 49.3 Å². The molecule has 1 saturated carbocycles. The second kappa shape index (κ2) is 22.1. The largest absolute Gasteiger partial charge is 0.511 e. The van der Waals surface area contributed by atoms with Gasteiger partial charge in [-0.2, -0.15) is 0 Å². The van der Waals surface area contributed by atoms with E-state index in [1.165, 1.54) is 0 Å². The Morgan fingerprint density at radius 3 is 2.34 bits per heavy atom. The van der Waals surface area contributed by atoms with E-state index < -0.39 is 65.8 Å². The average Bonchev–Trinajstić information content (AvgIpc) is 3.83. The summed E-state index contributed by atoms with van der Waals surface area (Å²) >= 11 is 0. The molecule has 2 aliphatic carbocycles. The van der Waals surface area contributed by atoms with Crippen molar-refractivity contribution < 1.29 is 50.4 Å². The van der Waals surface area contributed by atoms with Crippen LogP contribution in [0.1, 0.15) is 106 Å². The molecule has 61 heavy (non-hydrogen) atoms. The second-order valence-electron chi connectivity index (χ2n) is 18.5. The summed E-state index contributed by atoms with van der Waals surface area (Å²) in [6.07, 6.45) is 11.4. The van der Waals surface area contributed by atoms with E-state index >= 15 is 0 Å². The minimum atomic E-state index is -1.08. The highest BCUT2D eigenvalue weighted by Crippen LogP contribution is 2.58. The van der Waals surface area contributed by atoms with Gasteiger partial charge in [0.25, 0.3) is 5.91 Å². The molecule has 2 heterocycles. The first-order chi connectivity index (χ1) is 28.7. The Hall–Kier alpha value is -3.63. The van der Waals surface area contributed by atoms with Crippen LogP contribution >= 0.6 is 0 Å². The molecule has 0 bridgehead atoms. The van der Waals surface area contributed by atoms with Crippen LogP contribution in [0.15, 0.2) is 70.6 Å². The van der Waals surface area contributed by atoms with Gasteiger partial charge in [0, 0.05) is 29.8 Å². The number of hydrogen-bond donors (Lipinski definition) is 11. The minimum Gasteiger partial charge on any atom is -0.511 e. The summed E-state index contributed by atoms with van der Waals surface area (Å²) in [5.41, 5.74) is 6.61. The van der Waals surface area contributed by atoms with Gasteiger partial charge in [0.2, 0.25) is 0 Å². The Kier molecular flexibility index (Phi) is 18.1. The van der Waals surface area contributed by atoms with E-state index in [4.69, 9.17) is 11.1 Å². The van der Waals surface area contributed by atoms with Crippen molar-refractivity contribution in [2.45, 2.75) is 155 Å². The maximum absolute atomic E-state index is 12.8. The van der Waals surface area contributed by atoms with Gasteiger partial charge in [-0.05, 0) is 114 Å². The summed E-state index contributed by atoms with van der Waals surface area (Å²) in [6, 6.07) is 0.0491. The lowest BCUT2D eigenvalue weighted by Gasteiger charge is -2.54. The molecule has 2 aliphatic heterocycles. The Bertz CT molecular complexity index is 1720. The molecule has 14 nitrogen and oxygen atoms in total. The number of likely N-dealkylation sites (tertiary alicyclic amines) is 1. The van der Waals surface area contributed by atoms with Crippen molar-refractivity contribution >= 4 is 17.6 Å². The molecule has 14 atom stereocenters. The number of rotatable bonds is 19. The standard InChI is InChI=1S/C47H74N4O10/c1-26(37(54)10-7-11-38(55)27(2)13-18-33(53)24-31-9-8-22-51(31)46(48)49)12-16-32(52)17-14-28(3)42(58)29(4)15-19-35-30(5)23-34-36(20-21-39(56)43(34)59)47(35,6)44(60)41-40(57)25-50-45(41)61/h7,10,12-14,16,23,26,29,31-39,42-43,52-56,58-60H,8-9,11,15,17-22,24-25H2,1-6H3,(H3,48,49)(H,50,61). The number of amides is 1. The van der Waals surface area contributed by atoms with Gasteiger partial charge in [-0.3, -0.25) is 15.0 Å². The zero-order valence-electron chi connectivity index (χ0n) is 37.0. The number of aliphatic hydroxyl groups excluding tert-OH is 8. The predicted molar refractivity (Wildman–Crippen MR) is 235 cm³/mol. The highest BCUT2D eigenvalue weighted by Gasteiger charge is 2.56. The van der Waals surface area contributed by atoms with Gasteiger partial charge < -0.3 is 56.8 Å². The number of nitrogens with two attached hydrogens (primary N) is 1. The maximum atomic E-state index is 12.8. The van der Waals surface area contributed by atoms with Crippen molar-refractivity contribution in [3.8, 4) is 0 Å². The van der Waals surface area contributed by atoms with E-state index in [9.17, 15) is 50.4 Å². The normalized spacial score (nSPS) is 32.0. The van der Waals surface area contributed by atoms with Gasteiger partial charge >= 0.3 is 0 Å². The van der Waals surface area contributed by atoms with Crippen LogP contribution in [0.4, 0.5) is 0 Å². The monoisotopic (exact) mass is 855 g/mol. The molecular formula is C47H74N4O10. The average molecular weight is 855 g/mol. The molecular weight excluding hydrogens is 781 g/mol. The molecule has 0 aromatic carbocycles. The maximum Gasteiger partial charge on any atom is 0.258 e. The van der Waals surface area contributed by atoms with Crippen LogP contribution in [-0.2, 0) is 9.59 Å². The lowest BCUT2D eigenvalue weighted by molar-refractivity contribution is -0.118. The van der Waals surface area contributed by atoms with E-state index in [2.05, 4.69) is 5.32 Å². The molecule has 14 unspecified atom stereocenters. The zero-order valence-corrected chi connectivity index (χ0v) is 37.0. The van der Waals surface area contributed by atoms with Gasteiger partial charge in [-0.25, -0.2) is 0 Å². The third-order valence-corrected chi connectivity index (χ3v) is 14.1. The van der Waals surface area contributed by atoms with Crippen LogP contribution in [-0.4, -0.2) is 125 Å². The van der Waals surface area contributed by atoms with Crippen LogP contribution < -0.4 is 11.1 Å². The van der Waals surface area contributed by atoms with Gasteiger partial charge in [-0.1, -0.05) is 68.9 Å². The molecule has 0 radical (unpaired) electrons. The summed E-state index contributed by atoms with van der Waals surface area (Å²) in [6.45, 7) is 11.6. The van der Waals surface area contributed by atoms with E-state index in [1.807, 2.05) is 44.7 Å². The van der Waals surface area contributed by atoms with Crippen LogP contribution in [0.25, 0.3) is 0 Å². The van der Waals surface area contributed by atoms with Crippen LogP contribution in [0.2, 0.25) is 0 Å². The van der Waals surface area contributed by atoms with E-state index in [1.54, 1.807) is 44.2 Å². The Labute approximate surface area is 361 Å². The number of guanidine groups is 1. The van der Waals surface area contributed by atoms with Crippen LogP contribution in [0, 0.1) is 40.4 Å². The van der Waals surface area contributed by atoms with E-state index in [-0.39, 0.29) is 66.4 Å². The highest BCUT2D eigenvalue weighted by molar-refractivity contribution is 6.25. The van der Waals surface area contributed by atoms with Gasteiger partial charge in [-0.15, -0.1) is 0 Å². The van der Waals surface area contributed by atoms with Crippen molar-refractivity contribution in [2.24, 2.45) is 40.7 Å². The quantitative estimate of drug-likeness (QED) is 0.0223. The molecule has 0 spiro atoms. The van der Waals surface area contributed by atoms with E-state index in [0.29, 0.717) is 44.1 Å². The zero-order chi connectivity index (χ0) is 45.3. The molecule has 1 amide bonds. The number of nitrogens with zero attached hydrogens (tertiary/aromatic N) is 1. The molecule has 4 rings (SSSR count). The summed E-state index contributed by atoms with van der Waals surface area (Å²) in [5.74, 6) is -3.02. The lowest BCUT2D eigenvalue weighted by Crippen LogP contribution is -2.53. The third kappa shape index (κ3) is 12.3. The van der Waals surface area contributed by atoms with E-state index in [0.717, 1.165) is 30.5 Å². The first-order valence-corrected chi connectivity index (χ1v) is 22.2. The fourth-order valence-electron chi connectivity index (χ4n) is 10.0. The minimum absolute atomic E-state index is 0.0283. The molecule has 3 fully saturated rings. The number of carbonyl (C=O) groups excluding carboxylic acids is 2. The first-order valence-electron chi connectivity index (χ1n) is 22.2. The Morgan fingerprint density at radius 1 is 1.00 bits per heavy atom. The fraction of sp³-hybridized carbons (Fsp3) is 0.681. The summed E-state index contributed by atoms with van der Waals surface area (Å²) in [4.78, 5) is 27.3. The topological polar surface area (TPSA) is 261 Å². The van der Waals surface area contributed by atoms with Crippen LogP contribution in [0.3, 0.4) is 0 Å². The number of carbonyl (C=O) groups is 2. The SMILES string of the molecule is CC(=CCC(O)CC1CCCN1C(=N)N)C(O)CC=CC(O)C(C)C=CC(O)CC=C(C)C(O)C(C)CCC1C(C)=CC2C(O)C(O)CCC2C1(C)C(O)=C1C(=O)CNC1=O. The number of ketones is 1. The smallest absolute Gasteiger partial charge is 0.258 e. The fourth-order valence-corrected chi connectivity index (χ4v) is 10.0. The van der Waals surface area contributed by atoms with Crippen LogP contribution in [0.5, 0.6) is 0 Å².